The Morgan fingerprint density at radius 2 is 2.09 bits per heavy atom. The van der Waals surface area contributed by atoms with Crippen LogP contribution in [0.15, 0.2) is 24.3 Å². The second-order valence-electron chi connectivity index (χ2n) is 8.83. The Balaban J connectivity index is 1.24. The van der Waals surface area contributed by atoms with E-state index in [1.807, 2.05) is 18.2 Å². The van der Waals surface area contributed by atoms with Gasteiger partial charge in [0, 0.05) is 25.0 Å². The lowest BCUT2D eigenvalue weighted by molar-refractivity contribution is 0.0959. The van der Waals surface area contributed by atoms with Crippen molar-refractivity contribution in [3.8, 4) is 6.07 Å². The Morgan fingerprint density at radius 1 is 1.34 bits per heavy atom. The van der Waals surface area contributed by atoms with Gasteiger partial charge >= 0.3 is 0 Å². The number of nitrogens with one attached hydrogen (secondary N) is 1. The SMILES string of the molecule is Cc1nc2sc(C(=O)NCCc3ccc(N4CC5CC(C5)C4)c(C#N)c3)c(N)c2cc1F. The third-order valence-electron chi connectivity index (χ3n) is 6.57. The lowest BCUT2D eigenvalue weighted by atomic mass is 9.71. The van der Waals surface area contributed by atoms with Crippen LogP contribution >= 0.6 is 11.3 Å². The highest BCUT2D eigenvalue weighted by molar-refractivity contribution is 7.21. The Bertz CT molecular complexity index is 1250. The lowest BCUT2D eigenvalue weighted by Gasteiger charge is -2.48. The van der Waals surface area contributed by atoms with Gasteiger partial charge in [0.05, 0.1) is 22.6 Å². The van der Waals surface area contributed by atoms with Gasteiger partial charge in [-0.05, 0) is 61.8 Å². The first-order chi connectivity index (χ1) is 15.4. The van der Waals surface area contributed by atoms with Crippen molar-refractivity contribution in [3.05, 3.63) is 51.8 Å². The molecule has 2 aromatic heterocycles. The maximum atomic E-state index is 13.8. The number of fused-ring (bicyclic) bond motifs is 3. The standard InChI is InChI=1S/C24H24FN5OS/c1-13-19(25)9-18-21(27)22(32-24(18)29-13)23(31)28-5-4-14-2-3-20(17(8-14)10-26)30-11-15-6-16(7-15)12-30/h2-3,8-9,15-16H,4-7,11-12,27H2,1H3,(H,28,31). The molecule has 2 bridgehead atoms. The van der Waals surface area contributed by atoms with E-state index in [0.29, 0.717) is 33.6 Å². The molecule has 2 saturated heterocycles. The fourth-order valence-electron chi connectivity index (χ4n) is 4.84. The molecular formula is C24H24FN5OS. The van der Waals surface area contributed by atoms with Crippen molar-refractivity contribution in [2.75, 3.05) is 30.3 Å². The fraction of sp³-hybridized carbons (Fsp3) is 0.375. The summed E-state index contributed by atoms with van der Waals surface area (Å²) >= 11 is 1.17. The van der Waals surface area contributed by atoms with Crippen molar-refractivity contribution in [2.24, 2.45) is 11.8 Å². The third kappa shape index (κ3) is 3.67. The molecule has 32 heavy (non-hydrogen) atoms. The number of halogens is 1. The van der Waals surface area contributed by atoms with Gasteiger partial charge in [-0.2, -0.15) is 5.26 Å². The number of nitrogens with two attached hydrogens (primary N) is 1. The zero-order valence-electron chi connectivity index (χ0n) is 17.8. The Hall–Kier alpha value is -3.18. The summed E-state index contributed by atoms with van der Waals surface area (Å²) < 4.78 is 13.8. The highest BCUT2D eigenvalue weighted by Gasteiger charge is 2.37. The van der Waals surface area contributed by atoms with Crippen molar-refractivity contribution >= 4 is 38.8 Å². The number of amides is 1. The topological polar surface area (TPSA) is 95.0 Å². The van der Waals surface area contributed by atoms with Gasteiger partial charge in [-0.25, -0.2) is 9.37 Å². The van der Waals surface area contributed by atoms with Crippen LogP contribution in [0.5, 0.6) is 0 Å². The molecule has 1 amide bonds. The van der Waals surface area contributed by atoms with Crippen LogP contribution < -0.4 is 16.0 Å². The molecule has 1 aromatic carbocycles. The van der Waals surface area contributed by atoms with Crippen molar-refractivity contribution in [3.63, 3.8) is 0 Å². The van der Waals surface area contributed by atoms with E-state index in [-0.39, 0.29) is 17.3 Å². The number of carbonyl (C=O) groups excluding carboxylic acids is 1. The molecule has 3 N–H and O–H groups in total. The number of carbonyl (C=O) groups is 1. The number of hydrogen-bond donors (Lipinski definition) is 2. The maximum absolute atomic E-state index is 13.8. The lowest BCUT2D eigenvalue weighted by Crippen LogP contribution is -2.48. The molecule has 0 radical (unpaired) electrons. The first kappa shape index (κ1) is 20.7. The molecule has 3 fully saturated rings. The van der Waals surface area contributed by atoms with E-state index < -0.39 is 5.82 Å². The summed E-state index contributed by atoms with van der Waals surface area (Å²) in [7, 11) is 0. The molecule has 0 spiro atoms. The average Bonchev–Trinajstić information content (AvgIpc) is 3.09. The highest BCUT2D eigenvalue weighted by atomic mass is 32.1. The summed E-state index contributed by atoms with van der Waals surface area (Å²) in [6, 6.07) is 9.66. The summed E-state index contributed by atoms with van der Waals surface area (Å²) in [4.78, 5) is 20.1. The van der Waals surface area contributed by atoms with Crippen molar-refractivity contribution in [1.82, 2.24) is 10.3 Å². The molecule has 4 heterocycles. The zero-order valence-corrected chi connectivity index (χ0v) is 18.6. The van der Waals surface area contributed by atoms with Gasteiger partial charge in [-0.15, -0.1) is 11.3 Å². The number of nitrogens with zero attached hydrogens (tertiary/aromatic N) is 3. The van der Waals surface area contributed by atoms with Crippen LogP contribution in [-0.2, 0) is 6.42 Å². The van der Waals surface area contributed by atoms with E-state index in [0.717, 1.165) is 36.2 Å². The van der Waals surface area contributed by atoms with E-state index in [1.165, 1.54) is 30.2 Å². The molecule has 6 rings (SSSR count). The molecule has 164 valence electrons. The van der Waals surface area contributed by atoms with Crippen LogP contribution in [0.4, 0.5) is 15.8 Å². The number of rotatable bonds is 5. The zero-order chi connectivity index (χ0) is 22.4. The van der Waals surface area contributed by atoms with Gasteiger partial charge in [-0.1, -0.05) is 6.07 Å². The summed E-state index contributed by atoms with van der Waals surface area (Å²) in [6.45, 7) is 4.07. The van der Waals surface area contributed by atoms with E-state index >= 15 is 0 Å². The van der Waals surface area contributed by atoms with Crippen molar-refractivity contribution < 1.29 is 9.18 Å². The Kier molecular flexibility index (Phi) is 5.22. The van der Waals surface area contributed by atoms with Crippen LogP contribution in [0, 0.1) is 35.9 Å². The van der Waals surface area contributed by atoms with Gasteiger partial charge in [-0.3, -0.25) is 4.79 Å². The third-order valence-corrected chi connectivity index (χ3v) is 7.68. The summed E-state index contributed by atoms with van der Waals surface area (Å²) in [6.07, 6.45) is 3.25. The molecule has 3 aliphatic rings. The smallest absolute Gasteiger partial charge is 0.263 e. The number of hydrogen-bond acceptors (Lipinski definition) is 6. The molecule has 3 aromatic rings. The molecule has 0 atom stereocenters. The minimum absolute atomic E-state index is 0.254. The predicted octanol–water partition coefficient (Wildman–Crippen LogP) is 4.02. The minimum Gasteiger partial charge on any atom is -0.397 e. The van der Waals surface area contributed by atoms with Gasteiger partial charge in [0.2, 0.25) is 0 Å². The number of piperidine rings is 2. The summed E-state index contributed by atoms with van der Waals surface area (Å²) in [5.74, 6) is 0.805. The number of anilines is 2. The average molecular weight is 450 g/mol. The number of nitrogen functional groups attached to an aromatic ring is 1. The van der Waals surface area contributed by atoms with Crippen LogP contribution in [0.3, 0.4) is 0 Å². The molecule has 2 aliphatic heterocycles. The monoisotopic (exact) mass is 449 g/mol. The highest BCUT2D eigenvalue weighted by Crippen LogP contribution is 2.41. The van der Waals surface area contributed by atoms with Crippen molar-refractivity contribution in [1.29, 1.82) is 5.26 Å². The number of aryl methyl sites for hydroxylation is 1. The Morgan fingerprint density at radius 3 is 2.81 bits per heavy atom. The number of nitriles is 1. The van der Waals surface area contributed by atoms with Crippen LogP contribution in [0.2, 0.25) is 0 Å². The van der Waals surface area contributed by atoms with Crippen LogP contribution in [0.25, 0.3) is 10.2 Å². The van der Waals surface area contributed by atoms with E-state index in [9.17, 15) is 14.4 Å². The number of benzene rings is 1. The molecule has 6 nitrogen and oxygen atoms in total. The molecule has 1 saturated carbocycles. The first-order valence-electron chi connectivity index (χ1n) is 10.8. The molecule has 1 aliphatic carbocycles. The van der Waals surface area contributed by atoms with Gasteiger partial charge in [0.25, 0.3) is 5.91 Å². The first-order valence-corrected chi connectivity index (χ1v) is 11.7. The molecule has 0 unspecified atom stereocenters. The normalized spacial score (nSPS) is 19.5. The number of aromatic nitrogens is 1. The van der Waals surface area contributed by atoms with Crippen molar-refractivity contribution in [2.45, 2.75) is 26.2 Å². The quantitative estimate of drug-likeness (QED) is 0.614. The van der Waals surface area contributed by atoms with Gasteiger partial charge in [0.1, 0.15) is 21.6 Å². The van der Waals surface area contributed by atoms with Crippen LogP contribution in [-0.4, -0.2) is 30.5 Å². The van der Waals surface area contributed by atoms with Crippen LogP contribution in [0.1, 0.15) is 39.3 Å². The predicted molar refractivity (Wildman–Crippen MR) is 124 cm³/mol. The molecule has 8 heteroatoms. The van der Waals surface area contributed by atoms with E-state index in [2.05, 4.69) is 21.3 Å². The van der Waals surface area contributed by atoms with E-state index in [1.54, 1.807) is 6.92 Å². The number of pyridine rings is 1. The summed E-state index contributed by atoms with van der Waals surface area (Å²) in [5, 5.41) is 13.0. The largest absolute Gasteiger partial charge is 0.397 e. The molecular weight excluding hydrogens is 425 g/mol. The van der Waals surface area contributed by atoms with Gasteiger partial charge in [0.15, 0.2) is 0 Å². The maximum Gasteiger partial charge on any atom is 0.263 e. The van der Waals surface area contributed by atoms with E-state index in [4.69, 9.17) is 5.73 Å². The fourth-order valence-corrected chi connectivity index (χ4v) is 5.88. The second kappa shape index (κ2) is 8.06. The van der Waals surface area contributed by atoms with Gasteiger partial charge < -0.3 is 16.0 Å². The Labute approximate surface area is 189 Å². The second-order valence-corrected chi connectivity index (χ2v) is 9.83. The summed E-state index contributed by atoms with van der Waals surface area (Å²) in [5.41, 5.74) is 9.32. The minimum atomic E-state index is -0.438. The number of thiophene rings is 1.